The molecular formula is C14H16N2O3S2. The first-order chi connectivity index (χ1) is 10.1. The SMILES string of the molecule is Cc1ccc(S(=O)(=O)N2CCC(Oc3cccnc3)C2)s1. The fraction of sp³-hybridized carbons (Fsp3) is 0.357. The molecule has 21 heavy (non-hydrogen) atoms. The molecule has 1 saturated heterocycles. The highest BCUT2D eigenvalue weighted by Crippen LogP contribution is 2.28. The van der Waals surface area contributed by atoms with Crippen molar-refractivity contribution in [1.29, 1.82) is 0 Å². The molecule has 0 spiro atoms. The summed E-state index contributed by atoms with van der Waals surface area (Å²) >= 11 is 1.31. The smallest absolute Gasteiger partial charge is 0.252 e. The Kier molecular flexibility index (Phi) is 3.97. The van der Waals surface area contributed by atoms with Gasteiger partial charge in [-0.2, -0.15) is 4.31 Å². The van der Waals surface area contributed by atoms with Crippen LogP contribution in [-0.2, 0) is 10.0 Å². The minimum absolute atomic E-state index is 0.120. The third kappa shape index (κ3) is 3.09. The monoisotopic (exact) mass is 324 g/mol. The van der Waals surface area contributed by atoms with Crippen LogP contribution in [0.3, 0.4) is 0 Å². The second-order valence-electron chi connectivity index (χ2n) is 4.95. The van der Waals surface area contributed by atoms with Gasteiger partial charge in [0.1, 0.15) is 16.1 Å². The van der Waals surface area contributed by atoms with Gasteiger partial charge in [-0.15, -0.1) is 11.3 Å². The van der Waals surface area contributed by atoms with Gasteiger partial charge in [-0.25, -0.2) is 8.42 Å². The number of aromatic nitrogens is 1. The van der Waals surface area contributed by atoms with Crippen LogP contribution < -0.4 is 4.74 Å². The summed E-state index contributed by atoms with van der Waals surface area (Å²) in [4.78, 5) is 4.99. The minimum atomic E-state index is -3.39. The molecule has 0 amide bonds. The van der Waals surface area contributed by atoms with Crippen LogP contribution >= 0.6 is 11.3 Å². The molecule has 0 radical (unpaired) electrons. The van der Waals surface area contributed by atoms with E-state index in [-0.39, 0.29) is 6.10 Å². The standard InChI is InChI=1S/C14H16N2O3S2/c1-11-4-5-14(20-11)21(17,18)16-8-6-13(10-16)19-12-3-2-7-15-9-12/h2-5,7,9,13H,6,8,10H2,1H3. The number of thiophene rings is 1. The largest absolute Gasteiger partial charge is 0.487 e. The van der Waals surface area contributed by atoms with Crippen LogP contribution in [-0.4, -0.2) is 36.9 Å². The molecule has 0 bridgehead atoms. The molecule has 1 fully saturated rings. The lowest BCUT2D eigenvalue weighted by Gasteiger charge is -2.16. The Balaban J connectivity index is 1.69. The van der Waals surface area contributed by atoms with Crippen molar-refractivity contribution < 1.29 is 13.2 Å². The lowest BCUT2D eigenvalue weighted by molar-refractivity contribution is 0.215. The maximum atomic E-state index is 12.5. The van der Waals surface area contributed by atoms with E-state index in [2.05, 4.69) is 4.98 Å². The lowest BCUT2D eigenvalue weighted by atomic mass is 10.3. The molecule has 5 nitrogen and oxygen atoms in total. The van der Waals surface area contributed by atoms with Crippen LogP contribution in [0, 0.1) is 6.92 Å². The van der Waals surface area contributed by atoms with Crippen molar-refractivity contribution in [3.05, 3.63) is 41.5 Å². The van der Waals surface area contributed by atoms with Crippen LogP contribution in [0.4, 0.5) is 0 Å². The highest BCUT2D eigenvalue weighted by molar-refractivity contribution is 7.91. The zero-order valence-corrected chi connectivity index (χ0v) is 13.2. The van der Waals surface area contributed by atoms with E-state index < -0.39 is 10.0 Å². The summed E-state index contributed by atoms with van der Waals surface area (Å²) in [7, 11) is -3.39. The third-order valence-electron chi connectivity index (χ3n) is 3.35. The van der Waals surface area contributed by atoms with Crippen molar-refractivity contribution in [1.82, 2.24) is 9.29 Å². The fourth-order valence-corrected chi connectivity index (χ4v) is 5.22. The fourth-order valence-electron chi connectivity index (χ4n) is 2.30. The van der Waals surface area contributed by atoms with Crippen LogP contribution in [0.25, 0.3) is 0 Å². The lowest BCUT2D eigenvalue weighted by Crippen LogP contribution is -2.30. The van der Waals surface area contributed by atoms with Crippen molar-refractivity contribution in [2.45, 2.75) is 23.7 Å². The Morgan fingerprint density at radius 2 is 2.24 bits per heavy atom. The molecule has 0 aromatic carbocycles. The number of ether oxygens (including phenoxy) is 1. The van der Waals surface area contributed by atoms with E-state index in [4.69, 9.17) is 4.74 Å². The van der Waals surface area contributed by atoms with E-state index in [9.17, 15) is 8.42 Å². The predicted octanol–water partition coefficient (Wildman–Crippen LogP) is 2.29. The number of hydrogen-bond donors (Lipinski definition) is 0. The number of pyridine rings is 1. The van der Waals surface area contributed by atoms with E-state index in [1.54, 1.807) is 24.5 Å². The number of aryl methyl sites for hydroxylation is 1. The number of nitrogens with zero attached hydrogens (tertiary/aromatic N) is 2. The first-order valence-corrected chi connectivity index (χ1v) is 8.94. The number of rotatable bonds is 4. The molecule has 0 N–H and O–H groups in total. The summed E-state index contributed by atoms with van der Waals surface area (Å²) in [6.45, 7) is 2.78. The molecule has 2 aromatic rings. The molecule has 112 valence electrons. The van der Waals surface area contributed by atoms with Gasteiger partial charge in [0.05, 0.1) is 12.7 Å². The molecule has 3 heterocycles. The zero-order chi connectivity index (χ0) is 14.9. The number of sulfonamides is 1. The van der Waals surface area contributed by atoms with Crippen LogP contribution in [0.5, 0.6) is 5.75 Å². The quantitative estimate of drug-likeness (QED) is 0.866. The summed E-state index contributed by atoms with van der Waals surface area (Å²) in [5.74, 6) is 0.675. The van der Waals surface area contributed by atoms with Gasteiger partial charge in [-0.3, -0.25) is 4.98 Å². The maximum absolute atomic E-state index is 12.5. The van der Waals surface area contributed by atoms with Gasteiger partial charge < -0.3 is 4.74 Å². The van der Waals surface area contributed by atoms with Crippen molar-refractivity contribution in [2.24, 2.45) is 0 Å². The number of hydrogen-bond acceptors (Lipinski definition) is 5. The normalized spacial score (nSPS) is 19.8. The Labute approximate surface area is 128 Å². The Hall–Kier alpha value is -1.44. The Bertz CT molecular complexity index is 713. The van der Waals surface area contributed by atoms with E-state index >= 15 is 0 Å². The Morgan fingerprint density at radius 3 is 2.90 bits per heavy atom. The van der Waals surface area contributed by atoms with E-state index in [0.717, 1.165) is 4.88 Å². The molecule has 0 saturated carbocycles. The Morgan fingerprint density at radius 1 is 1.38 bits per heavy atom. The van der Waals surface area contributed by atoms with Gasteiger partial charge in [0, 0.05) is 17.6 Å². The van der Waals surface area contributed by atoms with Gasteiger partial charge in [0.25, 0.3) is 10.0 Å². The predicted molar refractivity (Wildman–Crippen MR) is 81.1 cm³/mol. The summed E-state index contributed by atoms with van der Waals surface area (Å²) in [6, 6.07) is 7.13. The van der Waals surface area contributed by atoms with Crippen LogP contribution in [0.15, 0.2) is 40.9 Å². The zero-order valence-electron chi connectivity index (χ0n) is 11.6. The highest BCUT2D eigenvalue weighted by Gasteiger charge is 2.34. The second-order valence-corrected chi connectivity index (χ2v) is 8.40. The molecule has 3 rings (SSSR count). The van der Waals surface area contributed by atoms with E-state index in [0.29, 0.717) is 29.5 Å². The molecule has 7 heteroatoms. The average Bonchev–Trinajstić information content (AvgIpc) is 3.10. The minimum Gasteiger partial charge on any atom is -0.487 e. The van der Waals surface area contributed by atoms with Gasteiger partial charge >= 0.3 is 0 Å². The second kappa shape index (κ2) is 5.75. The first kappa shape index (κ1) is 14.5. The molecule has 1 unspecified atom stereocenters. The summed E-state index contributed by atoms with van der Waals surface area (Å²) in [5, 5.41) is 0. The summed E-state index contributed by atoms with van der Waals surface area (Å²) in [5.41, 5.74) is 0. The molecule has 2 aromatic heterocycles. The topological polar surface area (TPSA) is 59.5 Å². The molecule has 1 aliphatic heterocycles. The van der Waals surface area contributed by atoms with Gasteiger partial charge in [-0.1, -0.05) is 0 Å². The maximum Gasteiger partial charge on any atom is 0.252 e. The van der Waals surface area contributed by atoms with Crippen molar-refractivity contribution in [2.75, 3.05) is 13.1 Å². The van der Waals surface area contributed by atoms with Gasteiger partial charge in [0.15, 0.2) is 0 Å². The molecule has 0 aliphatic carbocycles. The van der Waals surface area contributed by atoms with Crippen molar-refractivity contribution in [3.8, 4) is 5.75 Å². The van der Waals surface area contributed by atoms with E-state index in [1.165, 1.54) is 15.6 Å². The molecular weight excluding hydrogens is 308 g/mol. The van der Waals surface area contributed by atoms with E-state index in [1.807, 2.05) is 19.1 Å². The molecule has 1 atom stereocenters. The summed E-state index contributed by atoms with van der Waals surface area (Å²) < 4.78 is 32.7. The average molecular weight is 324 g/mol. The van der Waals surface area contributed by atoms with Crippen molar-refractivity contribution in [3.63, 3.8) is 0 Å². The van der Waals surface area contributed by atoms with Crippen molar-refractivity contribution >= 4 is 21.4 Å². The first-order valence-electron chi connectivity index (χ1n) is 6.69. The van der Waals surface area contributed by atoms with Crippen LogP contribution in [0.1, 0.15) is 11.3 Å². The molecule has 1 aliphatic rings. The van der Waals surface area contributed by atoms with Gasteiger partial charge in [0.2, 0.25) is 0 Å². The van der Waals surface area contributed by atoms with Crippen LogP contribution in [0.2, 0.25) is 0 Å². The highest BCUT2D eigenvalue weighted by atomic mass is 32.2. The summed E-state index contributed by atoms with van der Waals surface area (Å²) in [6.07, 6.45) is 3.89. The van der Waals surface area contributed by atoms with Gasteiger partial charge in [-0.05, 0) is 37.6 Å². The third-order valence-corrected chi connectivity index (χ3v) is 6.69.